The number of aromatic nitrogens is 5. The van der Waals surface area contributed by atoms with Gasteiger partial charge in [-0.05, 0) is 93.5 Å². The van der Waals surface area contributed by atoms with Gasteiger partial charge in [0, 0.05) is 56.9 Å². The molecule has 0 aliphatic rings. The van der Waals surface area contributed by atoms with Crippen LogP contribution in [-0.4, -0.2) is 24.1 Å². The van der Waals surface area contributed by atoms with Crippen LogP contribution < -0.4 is 0 Å². The highest BCUT2D eigenvalue weighted by molar-refractivity contribution is 6.12. The molecule has 0 fully saturated rings. The maximum atomic E-state index is 4.98. The van der Waals surface area contributed by atoms with Gasteiger partial charge in [0.15, 0.2) is 0 Å². The molecule has 5 heteroatoms. The van der Waals surface area contributed by atoms with Crippen LogP contribution in [0.25, 0.3) is 111 Å². The van der Waals surface area contributed by atoms with Crippen LogP contribution in [0.3, 0.4) is 0 Å². The fourth-order valence-electron chi connectivity index (χ4n) is 9.17. The Morgan fingerprint density at radius 1 is 0.290 bits per heavy atom. The monoisotopic (exact) mass is 791 g/mol. The van der Waals surface area contributed by atoms with E-state index in [2.05, 4.69) is 208 Å². The number of nitrogens with zero attached hydrogens (tertiary/aromatic N) is 5. The van der Waals surface area contributed by atoms with E-state index < -0.39 is 0 Å². The highest BCUT2D eigenvalue weighted by Crippen LogP contribution is 2.39. The van der Waals surface area contributed by atoms with Crippen LogP contribution in [0.2, 0.25) is 0 Å². The standard InChI is InChI=1S/C57H37N5/c1-2-13-39(14-3-1)46-17-4-5-18-47(46)40-26-24-38(25-27-40)44-36-59-57(60-37-44)62-54-23-9-7-20-49(54)51-34-41(29-31-55(51)62)42-28-30-50-48-19-6-8-22-53(48)61(56(50)35-42)45-16-12-15-43(33-45)52-21-10-11-32-58-52/h1-37H. The zero-order valence-corrected chi connectivity index (χ0v) is 33.6. The van der Waals surface area contributed by atoms with Gasteiger partial charge in [0.2, 0.25) is 5.95 Å². The number of fused-ring (bicyclic) bond motifs is 6. The van der Waals surface area contributed by atoms with E-state index >= 15 is 0 Å². The van der Waals surface area contributed by atoms with Gasteiger partial charge in [-0.15, -0.1) is 0 Å². The van der Waals surface area contributed by atoms with Crippen molar-refractivity contribution < 1.29 is 0 Å². The molecule has 62 heavy (non-hydrogen) atoms. The van der Waals surface area contributed by atoms with Crippen LogP contribution >= 0.6 is 0 Å². The van der Waals surface area contributed by atoms with E-state index in [1.807, 2.05) is 30.7 Å². The molecule has 0 N–H and O–H groups in total. The van der Waals surface area contributed by atoms with Crippen molar-refractivity contribution in [2.75, 3.05) is 0 Å². The molecule has 0 atom stereocenters. The van der Waals surface area contributed by atoms with Crippen molar-refractivity contribution in [3.8, 4) is 67.4 Å². The Bertz CT molecular complexity index is 3600. The summed E-state index contributed by atoms with van der Waals surface area (Å²) in [6.07, 6.45) is 5.72. The lowest BCUT2D eigenvalue weighted by molar-refractivity contribution is 0.990. The van der Waals surface area contributed by atoms with Gasteiger partial charge in [0.25, 0.3) is 0 Å². The van der Waals surface area contributed by atoms with Crippen LogP contribution in [0.15, 0.2) is 225 Å². The van der Waals surface area contributed by atoms with Crippen molar-refractivity contribution >= 4 is 43.6 Å². The molecular formula is C57H37N5. The molecule has 8 aromatic carbocycles. The quantitative estimate of drug-likeness (QED) is 0.162. The third kappa shape index (κ3) is 5.98. The molecule has 0 saturated heterocycles. The lowest BCUT2D eigenvalue weighted by Crippen LogP contribution is -2.00. The summed E-state index contributed by atoms with van der Waals surface area (Å²) in [5.41, 5.74) is 16.7. The van der Waals surface area contributed by atoms with E-state index in [1.54, 1.807) is 0 Å². The van der Waals surface area contributed by atoms with Gasteiger partial charge in [0.1, 0.15) is 0 Å². The van der Waals surface area contributed by atoms with Gasteiger partial charge in [-0.3, -0.25) is 9.55 Å². The molecule has 0 spiro atoms. The van der Waals surface area contributed by atoms with Gasteiger partial charge in [-0.2, -0.15) is 0 Å². The minimum absolute atomic E-state index is 0.639. The molecular weight excluding hydrogens is 755 g/mol. The molecule has 12 rings (SSSR count). The highest BCUT2D eigenvalue weighted by Gasteiger charge is 2.18. The van der Waals surface area contributed by atoms with E-state index in [0.717, 1.165) is 66.5 Å². The van der Waals surface area contributed by atoms with Crippen LogP contribution in [0.1, 0.15) is 0 Å². The summed E-state index contributed by atoms with van der Waals surface area (Å²) in [4.78, 5) is 14.6. The van der Waals surface area contributed by atoms with Gasteiger partial charge in [-0.25, -0.2) is 9.97 Å². The highest BCUT2D eigenvalue weighted by atomic mass is 15.1. The Hall–Kier alpha value is -8.41. The lowest BCUT2D eigenvalue weighted by Gasteiger charge is -2.11. The van der Waals surface area contributed by atoms with E-state index in [0.29, 0.717) is 5.95 Å². The second-order valence-corrected chi connectivity index (χ2v) is 15.7. The third-order valence-electron chi connectivity index (χ3n) is 12.1. The average Bonchev–Trinajstić information content (AvgIpc) is 3.87. The normalized spacial score (nSPS) is 11.5. The first-order valence-corrected chi connectivity index (χ1v) is 20.9. The first-order valence-electron chi connectivity index (χ1n) is 20.9. The van der Waals surface area contributed by atoms with E-state index in [9.17, 15) is 0 Å². The topological polar surface area (TPSA) is 48.5 Å². The summed E-state index contributed by atoms with van der Waals surface area (Å²) in [6, 6.07) is 73.3. The van der Waals surface area contributed by atoms with Crippen molar-refractivity contribution in [3.63, 3.8) is 0 Å². The van der Waals surface area contributed by atoms with Gasteiger partial charge >= 0.3 is 0 Å². The van der Waals surface area contributed by atoms with E-state index in [1.165, 1.54) is 38.5 Å². The summed E-state index contributed by atoms with van der Waals surface area (Å²) in [6.45, 7) is 0. The maximum absolute atomic E-state index is 4.98. The molecule has 0 saturated carbocycles. The zero-order valence-electron chi connectivity index (χ0n) is 33.6. The van der Waals surface area contributed by atoms with Crippen LogP contribution in [0.4, 0.5) is 0 Å². The molecule has 0 amide bonds. The molecule has 0 aliphatic heterocycles. The average molecular weight is 792 g/mol. The Morgan fingerprint density at radius 2 is 0.855 bits per heavy atom. The first-order chi connectivity index (χ1) is 30.7. The number of rotatable bonds is 7. The number of pyridine rings is 1. The van der Waals surface area contributed by atoms with Crippen LogP contribution in [-0.2, 0) is 0 Å². The predicted molar refractivity (Wildman–Crippen MR) is 256 cm³/mol. The Kier molecular flexibility index (Phi) is 8.42. The molecule has 4 aromatic heterocycles. The first kappa shape index (κ1) is 35.5. The SMILES string of the molecule is c1ccc(-c2ccccc2-c2ccc(-c3cnc(-n4c5ccccc5c5cc(-c6ccc7c8ccccc8n(-c8cccc(-c9ccccn9)c8)c7c6)ccc54)nc3)cc2)cc1. The third-order valence-corrected chi connectivity index (χ3v) is 12.1. The Labute approximate surface area is 358 Å². The largest absolute Gasteiger partial charge is 0.309 e. The molecule has 4 heterocycles. The van der Waals surface area contributed by atoms with Gasteiger partial charge in [0.05, 0.1) is 27.8 Å². The second kappa shape index (κ2) is 14.7. The molecule has 5 nitrogen and oxygen atoms in total. The minimum atomic E-state index is 0.639. The van der Waals surface area contributed by atoms with Crippen molar-refractivity contribution in [3.05, 3.63) is 225 Å². The van der Waals surface area contributed by atoms with Crippen molar-refractivity contribution in [1.29, 1.82) is 0 Å². The maximum Gasteiger partial charge on any atom is 0.234 e. The summed E-state index contributed by atoms with van der Waals surface area (Å²) in [5, 5.41) is 4.75. The van der Waals surface area contributed by atoms with E-state index in [4.69, 9.17) is 9.97 Å². The second-order valence-electron chi connectivity index (χ2n) is 15.7. The van der Waals surface area contributed by atoms with Gasteiger partial charge < -0.3 is 4.57 Å². The van der Waals surface area contributed by atoms with Crippen molar-refractivity contribution in [2.24, 2.45) is 0 Å². The fourth-order valence-corrected chi connectivity index (χ4v) is 9.17. The summed E-state index contributed by atoms with van der Waals surface area (Å²) < 4.78 is 4.56. The van der Waals surface area contributed by atoms with Crippen molar-refractivity contribution in [2.45, 2.75) is 0 Å². The molecule has 0 unspecified atom stereocenters. The van der Waals surface area contributed by atoms with Gasteiger partial charge in [-0.1, -0.05) is 152 Å². The van der Waals surface area contributed by atoms with E-state index in [-0.39, 0.29) is 0 Å². The fraction of sp³-hybridized carbons (Fsp3) is 0. The zero-order chi connectivity index (χ0) is 41.0. The molecule has 0 aliphatic carbocycles. The Morgan fingerprint density at radius 3 is 1.61 bits per heavy atom. The van der Waals surface area contributed by atoms with Crippen molar-refractivity contribution in [1.82, 2.24) is 24.1 Å². The summed E-state index contributed by atoms with van der Waals surface area (Å²) >= 11 is 0. The van der Waals surface area contributed by atoms with Crippen LogP contribution in [0, 0.1) is 0 Å². The van der Waals surface area contributed by atoms with Crippen LogP contribution in [0.5, 0.6) is 0 Å². The minimum Gasteiger partial charge on any atom is -0.309 e. The predicted octanol–water partition coefficient (Wildman–Crippen LogP) is 14.4. The lowest BCUT2D eigenvalue weighted by atomic mass is 9.94. The molecule has 290 valence electrons. The number of hydrogen-bond acceptors (Lipinski definition) is 3. The number of hydrogen-bond donors (Lipinski definition) is 0. The smallest absolute Gasteiger partial charge is 0.234 e. The number of para-hydroxylation sites is 2. The Balaban J connectivity index is 0.908. The molecule has 0 radical (unpaired) electrons. The summed E-state index contributed by atoms with van der Waals surface area (Å²) in [5.74, 6) is 0.639. The molecule has 12 aromatic rings. The molecule has 0 bridgehead atoms. The number of benzene rings is 8. The summed E-state index contributed by atoms with van der Waals surface area (Å²) in [7, 11) is 0.